The van der Waals surface area contributed by atoms with Gasteiger partial charge in [0.2, 0.25) is 0 Å². The molecule has 1 aliphatic rings. The summed E-state index contributed by atoms with van der Waals surface area (Å²) >= 11 is 0. The van der Waals surface area contributed by atoms with Crippen molar-refractivity contribution in [3.8, 4) is 11.3 Å². The molecule has 6 heteroatoms. The predicted octanol–water partition coefficient (Wildman–Crippen LogP) is 6.53. The number of halogens is 2. The Morgan fingerprint density at radius 1 is 0.970 bits per heavy atom. The van der Waals surface area contributed by atoms with Gasteiger partial charge < -0.3 is 4.74 Å². The SMILES string of the molecule is Cc1cc([C@H]2C[C@@H](c3cc4nc(C)c(C)cc4c(-c4ccc(F)cc4F)n3)CCO2)ccn1. The number of hydrogen-bond donors (Lipinski definition) is 0. The van der Waals surface area contributed by atoms with E-state index in [1.807, 2.05) is 45.0 Å². The molecule has 4 aromatic rings. The van der Waals surface area contributed by atoms with Crippen molar-refractivity contribution in [3.05, 3.63) is 88.5 Å². The molecule has 0 unspecified atom stereocenters. The van der Waals surface area contributed by atoms with E-state index in [0.717, 1.165) is 58.0 Å². The van der Waals surface area contributed by atoms with E-state index in [1.54, 1.807) is 6.20 Å². The molecule has 0 spiro atoms. The van der Waals surface area contributed by atoms with E-state index in [4.69, 9.17) is 14.7 Å². The molecular weight excluding hydrogens is 420 g/mol. The summed E-state index contributed by atoms with van der Waals surface area (Å²) in [5.41, 5.74) is 6.37. The molecule has 33 heavy (non-hydrogen) atoms. The first-order valence-corrected chi connectivity index (χ1v) is 11.2. The van der Waals surface area contributed by atoms with E-state index in [2.05, 4.69) is 4.98 Å². The van der Waals surface area contributed by atoms with Crippen LogP contribution in [0.2, 0.25) is 0 Å². The topological polar surface area (TPSA) is 47.9 Å². The number of aromatic nitrogens is 3. The molecule has 0 bridgehead atoms. The molecule has 3 aromatic heterocycles. The number of fused-ring (bicyclic) bond motifs is 1. The zero-order valence-electron chi connectivity index (χ0n) is 18.9. The molecule has 168 valence electrons. The van der Waals surface area contributed by atoms with Gasteiger partial charge in [-0.3, -0.25) is 15.0 Å². The van der Waals surface area contributed by atoms with E-state index < -0.39 is 11.6 Å². The van der Waals surface area contributed by atoms with Crippen molar-refractivity contribution >= 4 is 10.9 Å². The van der Waals surface area contributed by atoms with E-state index in [1.165, 1.54) is 12.1 Å². The number of hydrogen-bond acceptors (Lipinski definition) is 4. The maximum Gasteiger partial charge on any atom is 0.135 e. The summed E-state index contributed by atoms with van der Waals surface area (Å²) < 4.78 is 34.5. The molecule has 0 aliphatic carbocycles. The van der Waals surface area contributed by atoms with Gasteiger partial charge in [0.05, 0.1) is 17.3 Å². The van der Waals surface area contributed by atoms with Gasteiger partial charge in [-0.05, 0) is 81.1 Å². The molecule has 4 nitrogen and oxygen atoms in total. The Kier molecular flexibility index (Phi) is 5.62. The minimum absolute atomic E-state index is 0.0540. The van der Waals surface area contributed by atoms with Crippen molar-refractivity contribution in [2.75, 3.05) is 6.61 Å². The third-order valence-electron chi connectivity index (χ3n) is 6.46. The Morgan fingerprint density at radius 2 is 1.82 bits per heavy atom. The van der Waals surface area contributed by atoms with Crippen molar-refractivity contribution in [2.45, 2.75) is 45.6 Å². The zero-order chi connectivity index (χ0) is 23.1. The monoisotopic (exact) mass is 445 g/mol. The smallest absolute Gasteiger partial charge is 0.135 e. The summed E-state index contributed by atoms with van der Waals surface area (Å²) in [6, 6.07) is 11.7. The Hall–Kier alpha value is -3.25. The fourth-order valence-corrected chi connectivity index (χ4v) is 4.55. The largest absolute Gasteiger partial charge is 0.373 e. The Morgan fingerprint density at radius 3 is 2.61 bits per heavy atom. The quantitative estimate of drug-likeness (QED) is 0.360. The highest BCUT2D eigenvalue weighted by Gasteiger charge is 2.27. The third-order valence-corrected chi connectivity index (χ3v) is 6.46. The lowest BCUT2D eigenvalue weighted by Gasteiger charge is -2.30. The summed E-state index contributed by atoms with van der Waals surface area (Å²) in [6.45, 7) is 6.51. The van der Waals surface area contributed by atoms with Crippen molar-refractivity contribution in [1.29, 1.82) is 0 Å². The number of benzene rings is 1. The van der Waals surface area contributed by atoms with Crippen molar-refractivity contribution in [2.24, 2.45) is 0 Å². The van der Waals surface area contributed by atoms with E-state index in [-0.39, 0.29) is 17.6 Å². The van der Waals surface area contributed by atoms with Gasteiger partial charge in [-0.15, -0.1) is 0 Å². The van der Waals surface area contributed by atoms with Gasteiger partial charge in [0, 0.05) is 52.8 Å². The summed E-state index contributed by atoms with van der Waals surface area (Å²) in [4.78, 5) is 14.0. The van der Waals surface area contributed by atoms with Gasteiger partial charge in [-0.25, -0.2) is 8.78 Å². The second-order valence-electron chi connectivity index (χ2n) is 8.79. The fraction of sp³-hybridized carbons (Fsp3) is 0.296. The number of pyridine rings is 3. The fourth-order valence-electron chi connectivity index (χ4n) is 4.55. The Balaban J connectivity index is 1.62. The normalized spacial score (nSPS) is 18.6. The van der Waals surface area contributed by atoms with Gasteiger partial charge in [0.25, 0.3) is 0 Å². The summed E-state index contributed by atoms with van der Waals surface area (Å²) in [5.74, 6) is -1.11. The number of rotatable bonds is 3. The van der Waals surface area contributed by atoms with Crippen LogP contribution in [0.1, 0.15) is 53.1 Å². The molecular formula is C27H25F2N3O. The highest BCUT2D eigenvalue weighted by Crippen LogP contribution is 2.39. The minimum Gasteiger partial charge on any atom is -0.373 e. The van der Waals surface area contributed by atoms with Gasteiger partial charge >= 0.3 is 0 Å². The lowest BCUT2D eigenvalue weighted by molar-refractivity contribution is 0.00460. The van der Waals surface area contributed by atoms with E-state index in [0.29, 0.717) is 12.3 Å². The molecule has 0 radical (unpaired) electrons. The van der Waals surface area contributed by atoms with Crippen LogP contribution in [0.5, 0.6) is 0 Å². The summed E-state index contributed by atoms with van der Waals surface area (Å²) in [6.07, 6.45) is 3.32. The van der Waals surface area contributed by atoms with Crippen LogP contribution in [0.4, 0.5) is 8.78 Å². The molecule has 4 heterocycles. The predicted molar refractivity (Wildman–Crippen MR) is 124 cm³/mol. The molecule has 0 amide bonds. The highest BCUT2D eigenvalue weighted by atomic mass is 19.1. The highest BCUT2D eigenvalue weighted by molar-refractivity contribution is 5.93. The maximum absolute atomic E-state index is 14.8. The van der Waals surface area contributed by atoms with Gasteiger partial charge in [-0.2, -0.15) is 0 Å². The molecule has 1 aromatic carbocycles. The summed E-state index contributed by atoms with van der Waals surface area (Å²) in [5, 5.41) is 0.765. The average Bonchev–Trinajstić information content (AvgIpc) is 2.80. The molecule has 1 fully saturated rings. The number of nitrogens with zero attached hydrogens (tertiary/aromatic N) is 3. The zero-order valence-corrected chi connectivity index (χ0v) is 18.9. The van der Waals surface area contributed by atoms with Crippen LogP contribution in [-0.2, 0) is 4.74 Å². The third kappa shape index (κ3) is 4.23. The lowest BCUT2D eigenvalue weighted by Crippen LogP contribution is -2.20. The van der Waals surface area contributed by atoms with Gasteiger partial charge in [0.1, 0.15) is 11.6 Å². The number of ether oxygens (including phenoxy) is 1. The second kappa shape index (κ2) is 8.60. The minimum atomic E-state index is -0.628. The first-order chi connectivity index (χ1) is 15.9. The lowest BCUT2D eigenvalue weighted by atomic mass is 9.88. The van der Waals surface area contributed by atoms with Crippen LogP contribution in [0.25, 0.3) is 22.2 Å². The molecule has 2 atom stereocenters. The number of aryl methyl sites for hydroxylation is 3. The van der Waals surface area contributed by atoms with Crippen LogP contribution in [0, 0.1) is 32.4 Å². The molecule has 5 rings (SSSR count). The average molecular weight is 446 g/mol. The van der Waals surface area contributed by atoms with Crippen molar-refractivity contribution < 1.29 is 13.5 Å². The molecule has 0 saturated carbocycles. The maximum atomic E-state index is 14.8. The van der Waals surface area contributed by atoms with Crippen LogP contribution < -0.4 is 0 Å². The Labute approximate surface area is 191 Å². The summed E-state index contributed by atoms with van der Waals surface area (Å²) in [7, 11) is 0. The van der Waals surface area contributed by atoms with E-state index >= 15 is 0 Å². The van der Waals surface area contributed by atoms with Gasteiger partial charge in [0.15, 0.2) is 0 Å². The van der Waals surface area contributed by atoms with Gasteiger partial charge in [-0.1, -0.05) is 0 Å². The first kappa shape index (κ1) is 21.6. The Bertz CT molecular complexity index is 1360. The molecule has 0 N–H and O–H groups in total. The van der Waals surface area contributed by atoms with Crippen LogP contribution in [0.15, 0.2) is 48.7 Å². The van der Waals surface area contributed by atoms with E-state index in [9.17, 15) is 8.78 Å². The standard InChI is InChI=1S/C27H25F2N3O/c1-15-10-22-25(31-17(15)3)14-24(32-27(22)21-5-4-20(28)13-23(21)29)18-7-9-33-26(12-18)19-6-8-30-16(2)11-19/h4-6,8,10-11,13-14,18,26H,7,9,12H2,1-3H3/t18-,26+/m0/s1. The van der Waals surface area contributed by atoms with Crippen LogP contribution in [-0.4, -0.2) is 21.6 Å². The van der Waals surface area contributed by atoms with Crippen LogP contribution in [0.3, 0.4) is 0 Å². The second-order valence-corrected chi connectivity index (χ2v) is 8.79. The molecule has 1 saturated heterocycles. The molecule has 1 aliphatic heterocycles. The van der Waals surface area contributed by atoms with Crippen molar-refractivity contribution in [3.63, 3.8) is 0 Å². The van der Waals surface area contributed by atoms with Crippen molar-refractivity contribution in [1.82, 2.24) is 15.0 Å². The van der Waals surface area contributed by atoms with Crippen LogP contribution >= 0.6 is 0 Å². The first-order valence-electron chi connectivity index (χ1n) is 11.2.